The molecule has 0 atom stereocenters. The maximum Gasteiger partial charge on any atom is 0.0468 e. The summed E-state index contributed by atoms with van der Waals surface area (Å²) in [6.07, 6.45) is 0. The van der Waals surface area contributed by atoms with Crippen LogP contribution in [0.1, 0.15) is 0 Å². The zero-order valence-corrected chi connectivity index (χ0v) is 33.5. The van der Waals surface area contributed by atoms with Crippen LogP contribution in [-0.4, -0.2) is 0 Å². The van der Waals surface area contributed by atoms with Crippen molar-refractivity contribution in [2.24, 2.45) is 0 Å². The Hall–Kier alpha value is -8.00. The Morgan fingerprint density at radius 3 is 0.984 bits per heavy atom. The second-order valence-corrected chi connectivity index (χ2v) is 16.0. The van der Waals surface area contributed by atoms with Gasteiger partial charge >= 0.3 is 0 Å². The molecule has 0 saturated carbocycles. The Balaban J connectivity index is 1.06. The van der Waals surface area contributed by atoms with Gasteiger partial charge in [0.2, 0.25) is 0 Å². The van der Waals surface area contributed by atoms with Crippen LogP contribution in [0, 0.1) is 0 Å². The van der Waals surface area contributed by atoms with Gasteiger partial charge in [-0.15, -0.1) is 0 Å². The van der Waals surface area contributed by atoms with Crippen molar-refractivity contribution in [3.63, 3.8) is 0 Å². The lowest BCUT2D eigenvalue weighted by atomic mass is 9.81. The average Bonchev–Trinajstić information content (AvgIpc) is 3.34. The Bertz CT molecular complexity index is 3410. The van der Waals surface area contributed by atoms with Crippen molar-refractivity contribution in [1.29, 1.82) is 0 Å². The molecule has 0 spiro atoms. The highest BCUT2D eigenvalue weighted by molar-refractivity contribution is 6.25. The monoisotopic (exact) mass is 773 g/mol. The molecule has 1 nitrogen and oxygen atoms in total. The molecule has 0 N–H and O–H groups in total. The molecule has 11 aromatic carbocycles. The third-order valence-corrected chi connectivity index (χ3v) is 12.6. The first-order valence-corrected chi connectivity index (χ1v) is 21.1. The van der Waals surface area contributed by atoms with Crippen molar-refractivity contribution in [2.45, 2.75) is 0 Å². The number of hydrogen-bond donors (Lipinski definition) is 0. The molecule has 0 amide bonds. The summed E-state index contributed by atoms with van der Waals surface area (Å²) in [6, 6.07) is 86.9. The molecule has 0 bridgehead atoms. The van der Waals surface area contributed by atoms with Gasteiger partial charge in [-0.1, -0.05) is 200 Å². The first-order chi connectivity index (χ1) is 30.3. The number of nitrogens with zero attached hydrogens (tertiary/aromatic N) is 1. The summed E-state index contributed by atoms with van der Waals surface area (Å²) in [6.45, 7) is 0. The highest BCUT2D eigenvalue weighted by Gasteiger charge is 2.24. The van der Waals surface area contributed by atoms with E-state index in [4.69, 9.17) is 0 Å². The summed E-state index contributed by atoms with van der Waals surface area (Å²) < 4.78 is 0. The minimum atomic E-state index is 1.10. The molecule has 0 aliphatic heterocycles. The lowest BCUT2D eigenvalue weighted by Crippen LogP contribution is -2.10. The van der Waals surface area contributed by atoms with Crippen LogP contribution in [0.2, 0.25) is 0 Å². The third kappa shape index (κ3) is 5.86. The zero-order valence-electron chi connectivity index (χ0n) is 33.5. The molecule has 1 aliphatic carbocycles. The molecule has 12 rings (SSSR count). The maximum absolute atomic E-state index is 2.44. The molecule has 1 heteroatoms. The van der Waals surface area contributed by atoms with Gasteiger partial charge in [0.25, 0.3) is 0 Å². The lowest BCUT2D eigenvalue weighted by Gasteiger charge is -2.29. The number of benzene rings is 11. The van der Waals surface area contributed by atoms with E-state index in [0.717, 1.165) is 17.1 Å². The van der Waals surface area contributed by atoms with Crippen LogP contribution in [-0.2, 0) is 0 Å². The molecule has 61 heavy (non-hydrogen) atoms. The van der Waals surface area contributed by atoms with Crippen LogP contribution in [0.5, 0.6) is 0 Å². The van der Waals surface area contributed by atoms with E-state index < -0.39 is 0 Å². The molecule has 284 valence electrons. The van der Waals surface area contributed by atoms with Crippen molar-refractivity contribution in [2.75, 3.05) is 4.90 Å². The van der Waals surface area contributed by atoms with Gasteiger partial charge in [0.1, 0.15) is 0 Å². The zero-order chi connectivity index (χ0) is 40.3. The minimum absolute atomic E-state index is 1.10. The fraction of sp³-hybridized carbons (Fsp3) is 0. The van der Waals surface area contributed by atoms with Crippen LogP contribution in [0.25, 0.3) is 99.1 Å². The largest absolute Gasteiger partial charge is 0.310 e. The van der Waals surface area contributed by atoms with Crippen molar-refractivity contribution in [1.82, 2.24) is 0 Å². The third-order valence-electron chi connectivity index (χ3n) is 12.6. The number of fused-ring (bicyclic) bond motifs is 14. The first-order valence-electron chi connectivity index (χ1n) is 21.1. The molecule has 0 heterocycles. The second-order valence-electron chi connectivity index (χ2n) is 16.0. The summed E-state index contributed by atoms with van der Waals surface area (Å²) in [4.78, 5) is 2.44. The predicted octanol–water partition coefficient (Wildman–Crippen LogP) is 16.9. The van der Waals surface area contributed by atoms with Gasteiger partial charge in [-0.25, -0.2) is 0 Å². The quantitative estimate of drug-likeness (QED) is 0.157. The highest BCUT2D eigenvalue weighted by Crippen LogP contribution is 2.50. The highest BCUT2D eigenvalue weighted by atomic mass is 15.1. The molecule has 1 aliphatic rings. The molecule has 0 saturated heterocycles. The van der Waals surface area contributed by atoms with E-state index in [1.54, 1.807) is 0 Å². The van der Waals surface area contributed by atoms with Gasteiger partial charge in [0, 0.05) is 17.1 Å². The van der Waals surface area contributed by atoms with Gasteiger partial charge in [-0.2, -0.15) is 0 Å². The average molecular weight is 774 g/mol. The van der Waals surface area contributed by atoms with E-state index >= 15 is 0 Å². The number of rotatable bonds is 5. The van der Waals surface area contributed by atoms with Crippen LogP contribution in [0.15, 0.2) is 237 Å². The Kier molecular flexibility index (Phi) is 8.25. The van der Waals surface area contributed by atoms with Gasteiger partial charge in [-0.3, -0.25) is 0 Å². The first kappa shape index (κ1) is 35.0. The molecule has 11 aromatic rings. The SMILES string of the molecule is c1ccc(-c2ccc(-c3ccc(N(c4ccc5c(c4)-c4ccccc4-c4ccccc4-c4ccccc4-5)c4ccc5c6ccccc6c6ccccc6c5c4)cc3)cc2)cc1. The summed E-state index contributed by atoms with van der Waals surface area (Å²) in [5.41, 5.74) is 18.0. The van der Waals surface area contributed by atoms with Gasteiger partial charge in [0.15, 0.2) is 0 Å². The Morgan fingerprint density at radius 2 is 0.492 bits per heavy atom. The summed E-state index contributed by atoms with van der Waals surface area (Å²) in [7, 11) is 0. The fourth-order valence-corrected chi connectivity index (χ4v) is 9.76. The Morgan fingerprint density at radius 1 is 0.180 bits per heavy atom. The molecule has 0 radical (unpaired) electrons. The molecular weight excluding hydrogens is 735 g/mol. The van der Waals surface area contributed by atoms with Crippen LogP contribution < -0.4 is 4.90 Å². The van der Waals surface area contributed by atoms with Gasteiger partial charge in [0.05, 0.1) is 0 Å². The standard InChI is InChI=1S/C60H39N/c1-2-14-40(15-3-1)41-26-28-42(29-27-41)43-30-32-44(33-31-43)61(46-35-37-58-54-23-9-7-19-50(54)52-21-11-13-25-56(52)60(58)39-46)45-34-36-57-53-22-8-6-18-49(53)47-16-4-5-17-48(47)51-20-10-12-24-55(51)59(57)38-45/h1-39H. The molecular formula is C60H39N. The number of hydrogen-bond acceptors (Lipinski definition) is 1. The lowest BCUT2D eigenvalue weighted by molar-refractivity contribution is 1.29. The predicted molar refractivity (Wildman–Crippen MR) is 260 cm³/mol. The molecule has 0 aromatic heterocycles. The second kappa shape index (κ2) is 14.4. The summed E-state index contributed by atoms with van der Waals surface area (Å²) in [5.74, 6) is 0. The van der Waals surface area contributed by atoms with E-state index in [-0.39, 0.29) is 0 Å². The van der Waals surface area contributed by atoms with E-state index in [0.29, 0.717) is 0 Å². The summed E-state index contributed by atoms with van der Waals surface area (Å²) >= 11 is 0. The minimum Gasteiger partial charge on any atom is -0.310 e. The van der Waals surface area contributed by atoms with Crippen LogP contribution >= 0.6 is 0 Å². The Labute approximate surface area is 356 Å². The van der Waals surface area contributed by atoms with Crippen molar-refractivity contribution < 1.29 is 0 Å². The van der Waals surface area contributed by atoms with Gasteiger partial charge < -0.3 is 4.90 Å². The number of anilines is 3. The normalized spacial score (nSPS) is 11.6. The topological polar surface area (TPSA) is 3.24 Å². The van der Waals surface area contributed by atoms with Crippen LogP contribution in [0.4, 0.5) is 17.1 Å². The van der Waals surface area contributed by atoms with E-state index in [1.807, 2.05) is 0 Å². The van der Waals surface area contributed by atoms with Crippen molar-refractivity contribution in [3.05, 3.63) is 237 Å². The van der Waals surface area contributed by atoms with E-state index in [9.17, 15) is 0 Å². The van der Waals surface area contributed by atoms with Crippen molar-refractivity contribution in [3.8, 4) is 66.8 Å². The van der Waals surface area contributed by atoms with E-state index in [1.165, 1.54) is 99.1 Å². The van der Waals surface area contributed by atoms with Crippen LogP contribution in [0.3, 0.4) is 0 Å². The smallest absolute Gasteiger partial charge is 0.0468 e. The fourth-order valence-electron chi connectivity index (χ4n) is 9.76. The van der Waals surface area contributed by atoms with E-state index in [2.05, 4.69) is 241 Å². The molecule has 0 fully saturated rings. The maximum atomic E-state index is 2.44. The van der Waals surface area contributed by atoms with Crippen molar-refractivity contribution >= 4 is 49.4 Å². The van der Waals surface area contributed by atoms with Gasteiger partial charge in [-0.05, 0) is 135 Å². The molecule has 0 unspecified atom stereocenters. The summed E-state index contributed by atoms with van der Waals surface area (Å²) in [5, 5.41) is 7.59.